The van der Waals surface area contributed by atoms with Crippen LogP contribution in [0.3, 0.4) is 0 Å². The third-order valence-corrected chi connectivity index (χ3v) is 3.68. The highest BCUT2D eigenvalue weighted by molar-refractivity contribution is 6.30. The third kappa shape index (κ3) is 3.16. The molecular weight excluding hydrogens is 300 g/mol. The van der Waals surface area contributed by atoms with Gasteiger partial charge in [0.25, 0.3) is 5.56 Å². The molecule has 1 heterocycles. The van der Waals surface area contributed by atoms with Crippen LogP contribution in [0.25, 0.3) is 10.9 Å². The van der Waals surface area contributed by atoms with E-state index in [-0.39, 0.29) is 5.56 Å². The van der Waals surface area contributed by atoms with Gasteiger partial charge in [0.1, 0.15) is 12.1 Å². The Morgan fingerprint density at radius 1 is 1.18 bits per heavy atom. The third-order valence-electron chi connectivity index (χ3n) is 3.44. The standard InChI is InChI=1S/C16H15ClN4O/c1-20(10-12-5-4-6-13(17)9-12)11-21-16(22)14-7-2-3-8-15(14)18-19-21/h2-9H,10-11H2,1H3/p+1. The van der Waals surface area contributed by atoms with Crippen LogP contribution < -0.4 is 10.5 Å². The Bertz CT molecular complexity index is 862. The predicted octanol–water partition coefficient (Wildman–Crippen LogP) is 1.12. The predicted molar refractivity (Wildman–Crippen MR) is 85.8 cm³/mol. The smallest absolute Gasteiger partial charge is 0.282 e. The molecule has 3 aromatic rings. The molecule has 1 aromatic heterocycles. The number of nitrogens with one attached hydrogen (secondary N) is 1. The summed E-state index contributed by atoms with van der Waals surface area (Å²) in [7, 11) is 2.00. The summed E-state index contributed by atoms with van der Waals surface area (Å²) < 4.78 is 1.40. The van der Waals surface area contributed by atoms with Crippen molar-refractivity contribution in [2.75, 3.05) is 7.05 Å². The Morgan fingerprint density at radius 2 is 2.00 bits per heavy atom. The molecule has 1 unspecified atom stereocenters. The quantitative estimate of drug-likeness (QED) is 0.785. The maximum absolute atomic E-state index is 12.4. The largest absolute Gasteiger partial charge is 0.315 e. The van der Waals surface area contributed by atoms with E-state index in [0.717, 1.165) is 17.0 Å². The maximum Gasteiger partial charge on any atom is 0.282 e. The number of quaternary nitrogens is 1. The fourth-order valence-electron chi connectivity index (χ4n) is 2.43. The van der Waals surface area contributed by atoms with Crippen molar-refractivity contribution in [3.05, 3.63) is 69.5 Å². The van der Waals surface area contributed by atoms with Crippen LogP contribution in [0.5, 0.6) is 0 Å². The van der Waals surface area contributed by atoms with Crippen molar-refractivity contribution in [3.63, 3.8) is 0 Å². The zero-order valence-corrected chi connectivity index (χ0v) is 12.9. The van der Waals surface area contributed by atoms with Gasteiger partial charge in [0.2, 0.25) is 0 Å². The topological polar surface area (TPSA) is 52.2 Å². The first-order valence-electron chi connectivity index (χ1n) is 7.02. The number of benzene rings is 2. The number of rotatable bonds is 4. The zero-order valence-electron chi connectivity index (χ0n) is 12.2. The lowest BCUT2D eigenvalue weighted by molar-refractivity contribution is -0.917. The summed E-state index contributed by atoms with van der Waals surface area (Å²) >= 11 is 5.99. The summed E-state index contributed by atoms with van der Waals surface area (Å²) in [6, 6.07) is 15.0. The fourth-order valence-corrected chi connectivity index (χ4v) is 2.65. The molecule has 3 rings (SSSR count). The molecule has 0 aliphatic carbocycles. The van der Waals surface area contributed by atoms with Crippen molar-refractivity contribution in [2.24, 2.45) is 0 Å². The molecule has 0 aliphatic heterocycles. The maximum atomic E-state index is 12.4. The Hall–Kier alpha value is -2.24. The molecule has 6 heteroatoms. The number of halogens is 1. The molecule has 1 atom stereocenters. The molecule has 0 saturated carbocycles. The van der Waals surface area contributed by atoms with Crippen LogP contribution in [0, 0.1) is 0 Å². The van der Waals surface area contributed by atoms with E-state index in [2.05, 4.69) is 10.3 Å². The lowest BCUT2D eigenvalue weighted by Crippen LogP contribution is -3.07. The number of fused-ring (bicyclic) bond motifs is 1. The van der Waals surface area contributed by atoms with Gasteiger partial charge in [-0.05, 0) is 24.3 Å². The molecule has 0 fully saturated rings. The van der Waals surface area contributed by atoms with Crippen molar-refractivity contribution in [2.45, 2.75) is 13.2 Å². The number of aromatic nitrogens is 3. The molecule has 2 aromatic carbocycles. The minimum atomic E-state index is -0.115. The molecule has 22 heavy (non-hydrogen) atoms. The van der Waals surface area contributed by atoms with Crippen LogP contribution in [0.15, 0.2) is 53.3 Å². The summed E-state index contributed by atoms with van der Waals surface area (Å²) in [6.07, 6.45) is 0. The Labute approximate surface area is 132 Å². The Kier molecular flexibility index (Phi) is 4.18. The number of nitrogens with zero attached hydrogens (tertiary/aromatic N) is 3. The van der Waals surface area contributed by atoms with Gasteiger partial charge in [-0.3, -0.25) is 4.79 Å². The monoisotopic (exact) mass is 315 g/mol. The van der Waals surface area contributed by atoms with E-state index in [1.54, 1.807) is 12.1 Å². The van der Waals surface area contributed by atoms with Gasteiger partial charge in [0, 0.05) is 10.6 Å². The highest BCUT2D eigenvalue weighted by Crippen LogP contribution is 2.09. The van der Waals surface area contributed by atoms with Crippen molar-refractivity contribution in [1.82, 2.24) is 15.0 Å². The van der Waals surface area contributed by atoms with Crippen molar-refractivity contribution < 1.29 is 4.90 Å². The lowest BCUT2D eigenvalue weighted by atomic mass is 10.2. The Morgan fingerprint density at radius 3 is 2.82 bits per heavy atom. The first kappa shape index (κ1) is 14.7. The fraction of sp³-hybridized carbons (Fsp3) is 0.188. The van der Waals surface area contributed by atoms with E-state index >= 15 is 0 Å². The van der Waals surface area contributed by atoms with Crippen LogP contribution >= 0.6 is 11.6 Å². The van der Waals surface area contributed by atoms with Gasteiger partial charge in [-0.15, -0.1) is 5.10 Å². The molecule has 0 aliphatic rings. The van der Waals surface area contributed by atoms with Crippen molar-refractivity contribution >= 4 is 22.5 Å². The van der Waals surface area contributed by atoms with Gasteiger partial charge in [-0.1, -0.05) is 41.1 Å². The summed E-state index contributed by atoms with van der Waals surface area (Å²) in [6.45, 7) is 1.20. The average molecular weight is 316 g/mol. The SMILES string of the molecule is C[NH+](Cc1cccc(Cl)c1)Cn1nnc2ccccc2c1=O. The molecule has 0 radical (unpaired) electrons. The van der Waals surface area contributed by atoms with Crippen molar-refractivity contribution in [3.8, 4) is 0 Å². The molecule has 0 bridgehead atoms. The van der Waals surface area contributed by atoms with E-state index in [1.165, 1.54) is 4.68 Å². The molecule has 5 nitrogen and oxygen atoms in total. The van der Waals surface area contributed by atoms with Crippen LogP contribution in [0.1, 0.15) is 5.56 Å². The lowest BCUT2D eigenvalue weighted by Gasteiger charge is -2.14. The van der Waals surface area contributed by atoms with Crippen molar-refractivity contribution in [1.29, 1.82) is 0 Å². The second-order valence-corrected chi connectivity index (χ2v) is 5.77. The highest BCUT2D eigenvalue weighted by atomic mass is 35.5. The van der Waals surface area contributed by atoms with Gasteiger partial charge in [0.05, 0.1) is 12.4 Å². The zero-order chi connectivity index (χ0) is 15.5. The minimum absolute atomic E-state index is 0.115. The number of hydrogen-bond acceptors (Lipinski definition) is 3. The van der Waals surface area contributed by atoms with E-state index < -0.39 is 0 Å². The van der Waals surface area contributed by atoms with Crippen LogP contribution in [0.4, 0.5) is 0 Å². The average Bonchev–Trinajstić information content (AvgIpc) is 2.50. The van der Waals surface area contributed by atoms with E-state index in [1.807, 2.05) is 43.4 Å². The second kappa shape index (κ2) is 6.25. The van der Waals surface area contributed by atoms with Gasteiger partial charge < -0.3 is 4.90 Å². The normalized spacial score (nSPS) is 12.5. The van der Waals surface area contributed by atoms with Crippen LogP contribution in [-0.4, -0.2) is 22.0 Å². The minimum Gasteiger partial charge on any atom is -0.315 e. The first-order chi connectivity index (χ1) is 10.6. The van der Waals surface area contributed by atoms with Gasteiger partial charge in [-0.25, -0.2) is 0 Å². The molecule has 0 spiro atoms. The molecular formula is C16H16ClN4O+. The molecule has 112 valence electrons. The van der Waals surface area contributed by atoms with Crippen LogP contribution in [-0.2, 0) is 13.2 Å². The van der Waals surface area contributed by atoms with Gasteiger partial charge in [0.15, 0.2) is 6.67 Å². The summed E-state index contributed by atoms with van der Waals surface area (Å²) in [4.78, 5) is 13.5. The number of hydrogen-bond donors (Lipinski definition) is 1. The van der Waals surface area contributed by atoms with E-state index in [4.69, 9.17) is 11.6 Å². The highest BCUT2D eigenvalue weighted by Gasteiger charge is 2.10. The van der Waals surface area contributed by atoms with E-state index in [0.29, 0.717) is 22.6 Å². The molecule has 0 amide bonds. The van der Waals surface area contributed by atoms with E-state index in [9.17, 15) is 4.79 Å². The summed E-state index contributed by atoms with van der Waals surface area (Å²) in [5, 5.41) is 9.41. The van der Waals surface area contributed by atoms with Gasteiger partial charge >= 0.3 is 0 Å². The van der Waals surface area contributed by atoms with Gasteiger partial charge in [-0.2, -0.15) is 4.68 Å². The second-order valence-electron chi connectivity index (χ2n) is 5.33. The Balaban J connectivity index is 1.81. The first-order valence-corrected chi connectivity index (χ1v) is 7.39. The summed E-state index contributed by atoms with van der Waals surface area (Å²) in [5.41, 5.74) is 1.62. The summed E-state index contributed by atoms with van der Waals surface area (Å²) in [5.74, 6) is 0. The van der Waals surface area contributed by atoms with Crippen LogP contribution in [0.2, 0.25) is 5.02 Å². The molecule has 0 saturated heterocycles. The molecule has 1 N–H and O–H groups in total.